The molecule has 0 spiro atoms. The molecule has 51 heavy (non-hydrogen) atoms. The van der Waals surface area contributed by atoms with E-state index in [2.05, 4.69) is 5.32 Å². The van der Waals surface area contributed by atoms with Crippen molar-refractivity contribution in [3.63, 3.8) is 0 Å². The number of ether oxygens (including phenoxy) is 4. The first kappa shape index (κ1) is 40.1. The molecule has 0 amide bonds. The van der Waals surface area contributed by atoms with Crippen LogP contribution >= 0.6 is 0 Å². The van der Waals surface area contributed by atoms with Crippen molar-refractivity contribution in [3.8, 4) is 0 Å². The number of aliphatic hydroxyl groups excluding tert-OH is 2. The van der Waals surface area contributed by atoms with Crippen LogP contribution in [-0.2, 0) is 28.5 Å². The van der Waals surface area contributed by atoms with Gasteiger partial charge in [-0.2, -0.15) is 0 Å². The summed E-state index contributed by atoms with van der Waals surface area (Å²) in [6.45, 7) is 6.32. The SMILES string of the molecule is CNC(c1ccccc1)C(O)C(=O)OC1CC2(O)C(OC(=O)c3ccccc3)C3[C@]4(O)COC4CC(O)[C@@]3(C)C(=O)C(OC)C(=C1C)C2(C)C.[Ac]. The van der Waals surface area contributed by atoms with E-state index in [-0.39, 0.29) is 74.6 Å². The van der Waals surface area contributed by atoms with E-state index in [0.717, 1.165) is 0 Å². The Morgan fingerprint density at radius 3 is 2.16 bits per heavy atom. The van der Waals surface area contributed by atoms with Crippen LogP contribution in [0.5, 0.6) is 0 Å². The van der Waals surface area contributed by atoms with Crippen LogP contribution in [0.3, 0.4) is 0 Å². The molecule has 4 aliphatic rings. The fourth-order valence-corrected chi connectivity index (χ4v) is 9.08. The van der Waals surface area contributed by atoms with Gasteiger partial charge in [0.25, 0.3) is 0 Å². The number of carbonyl (C=O) groups excluding carboxylic acids is 3. The van der Waals surface area contributed by atoms with Gasteiger partial charge in [0.1, 0.15) is 29.5 Å². The summed E-state index contributed by atoms with van der Waals surface area (Å²) in [4.78, 5) is 42.5. The van der Waals surface area contributed by atoms with Crippen LogP contribution in [0, 0.1) is 60.8 Å². The van der Waals surface area contributed by atoms with Crippen LogP contribution in [0.4, 0.5) is 0 Å². The Kier molecular flexibility index (Phi) is 11.5. The van der Waals surface area contributed by atoms with Gasteiger partial charge in [0.15, 0.2) is 11.9 Å². The third kappa shape index (κ3) is 6.18. The largest absolute Gasteiger partial charge is 0.456 e. The van der Waals surface area contributed by atoms with Crippen LogP contribution in [0.15, 0.2) is 71.8 Å². The molecule has 2 aromatic rings. The number of nitrogens with one attached hydrogen (secondary N) is 1. The number of carbonyl (C=O) groups is 3. The normalized spacial score (nSPS) is 36.5. The van der Waals surface area contributed by atoms with Crippen LogP contribution in [0.25, 0.3) is 0 Å². The first-order chi connectivity index (χ1) is 23.6. The van der Waals surface area contributed by atoms with Crippen LogP contribution in [0.1, 0.15) is 62.5 Å². The summed E-state index contributed by atoms with van der Waals surface area (Å²) in [6.07, 6.45) is -8.56. The van der Waals surface area contributed by atoms with Crippen molar-refractivity contribution >= 4 is 17.7 Å². The number of rotatable bonds is 8. The van der Waals surface area contributed by atoms with Gasteiger partial charge < -0.3 is 44.7 Å². The number of methoxy groups -OCH3 is 1. The van der Waals surface area contributed by atoms with Gasteiger partial charge >= 0.3 is 11.9 Å². The van der Waals surface area contributed by atoms with E-state index in [1.807, 2.05) is 6.07 Å². The second-order valence-electron chi connectivity index (χ2n) is 14.9. The van der Waals surface area contributed by atoms with Crippen molar-refractivity contribution in [1.29, 1.82) is 0 Å². The quantitative estimate of drug-likeness (QED) is 0.193. The van der Waals surface area contributed by atoms with Gasteiger partial charge in [-0.25, -0.2) is 9.59 Å². The zero-order chi connectivity index (χ0) is 36.4. The average Bonchev–Trinajstić information content (AvgIpc) is 3.10. The van der Waals surface area contributed by atoms with Gasteiger partial charge in [-0.3, -0.25) is 4.79 Å². The molecule has 2 aromatic carbocycles. The Bertz CT molecular complexity index is 1670. The van der Waals surface area contributed by atoms with Crippen molar-refractivity contribution in [2.24, 2.45) is 16.7 Å². The molecule has 12 nitrogen and oxygen atoms in total. The molecule has 1 saturated heterocycles. The molecule has 13 heteroatoms. The molecule has 2 saturated carbocycles. The van der Waals surface area contributed by atoms with E-state index in [1.54, 1.807) is 82.4 Å². The summed E-state index contributed by atoms with van der Waals surface area (Å²) < 4.78 is 23.9. The van der Waals surface area contributed by atoms with Crippen molar-refractivity contribution < 1.29 is 97.8 Å². The molecule has 2 bridgehead atoms. The number of esters is 2. The molecule has 1 radical (unpaired) electrons. The summed E-state index contributed by atoms with van der Waals surface area (Å²) in [5, 5.41) is 51.5. The minimum atomic E-state index is -2.14. The maximum absolute atomic E-state index is 14.9. The molecule has 3 fully saturated rings. The number of aliphatic hydroxyl groups is 4. The maximum atomic E-state index is 14.9. The Morgan fingerprint density at radius 2 is 1.61 bits per heavy atom. The van der Waals surface area contributed by atoms with E-state index in [0.29, 0.717) is 11.1 Å². The molecule has 0 aromatic heterocycles. The molecule has 5 N–H and O–H groups in total. The Labute approximate surface area is 333 Å². The number of likely N-dealkylation sites (N-methyl/N-ethyl adjacent to an activating group) is 1. The number of fused-ring (bicyclic) bond motifs is 5. The molecule has 1 aliphatic heterocycles. The number of ketones is 1. The summed E-state index contributed by atoms with van der Waals surface area (Å²) >= 11 is 0. The maximum Gasteiger partial charge on any atom is 0.338 e. The minimum Gasteiger partial charge on any atom is -0.456 e. The van der Waals surface area contributed by atoms with Crippen LogP contribution < -0.4 is 5.32 Å². The fraction of sp³-hybridized carbons (Fsp3) is 0.553. The monoisotopic (exact) mass is 920 g/mol. The molecule has 9 unspecified atom stereocenters. The molecular weight excluding hydrogens is 873 g/mol. The summed E-state index contributed by atoms with van der Waals surface area (Å²) in [7, 11) is 2.93. The zero-order valence-electron chi connectivity index (χ0n) is 29.7. The molecule has 6 rings (SSSR count). The van der Waals surface area contributed by atoms with Gasteiger partial charge in [-0.1, -0.05) is 62.4 Å². The second-order valence-corrected chi connectivity index (χ2v) is 14.9. The molecule has 11 atom stereocenters. The van der Waals surface area contributed by atoms with E-state index in [1.165, 1.54) is 14.0 Å². The van der Waals surface area contributed by atoms with E-state index >= 15 is 0 Å². The molecule has 1 heterocycles. The van der Waals surface area contributed by atoms with Gasteiger partial charge in [-0.05, 0) is 49.7 Å². The third-order valence-corrected chi connectivity index (χ3v) is 12.1. The first-order valence-corrected chi connectivity index (χ1v) is 17.0. The average molecular weight is 921 g/mol. The number of hydrogen-bond donors (Lipinski definition) is 5. The fourth-order valence-electron chi connectivity index (χ4n) is 9.08. The smallest absolute Gasteiger partial charge is 0.338 e. The van der Waals surface area contributed by atoms with Crippen molar-refractivity contribution in [3.05, 3.63) is 82.9 Å². The van der Waals surface area contributed by atoms with Gasteiger partial charge in [0.2, 0.25) is 0 Å². The van der Waals surface area contributed by atoms with Gasteiger partial charge in [0, 0.05) is 75.3 Å². The second kappa shape index (κ2) is 14.6. The Hall–Kier alpha value is -2.05. The van der Waals surface area contributed by atoms with Gasteiger partial charge in [0.05, 0.1) is 35.8 Å². The van der Waals surface area contributed by atoms with E-state index in [9.17, 15) is 34.8 Å². The predicted molar refractivity (Wildman–Crippen MR) is 179 cm³/mol. The Morgan fingerprint density at radius 1 is 1.00 bits per heavy atom. The van der Waals surface area contributed by atoms with Crippen LogP contribution in [0.2, 0.25) is 0 Å². The van der Waals surface area contributed by atoms with Crippen molar-refractivity contribution in [2.45, 2.75) is 94.4 Å². The minimum absolute atomic E-state index is 0. The Balaban J connectivity index is 0.00000504. The third-order valence-electron chi connectivity index (χ3n) is 12.1. The van der Waals surface area contributed by atoms with Gasteiger partial charge in [-0.15, -0.1) is 0 Å². The topological polar surface area (TPSA) is 181 Å². The van der Waals surface area contributed by atoms with Crippen LogP contribution in [-0.4, -0.2) is 107 Å². The van der Waals surface area contributed by atoms with Crippen molar-refractivity contribution in [1.82, 2.24) is 5.32 Å². The summed E-state index contributed by atoms with van der Waals surface area (Å²) in [6, 6.07) is 16.2. The standard InChI is InChI=1S/C38H47NO11.Ac/c1-20-23(49-34(44)28(41)27(39-5)21-13-9-7-10-14-21)18-38(46)32(50-33(43)22-15-11-8-12-16-22)30-36(4,24(40)17-25-37(30,45)19-48-25)31(42)29(47-6)26(20)35(38,2)3;/h7-16,23-25,27-30,32,39-41,45-46H,17-19H2,1-6H3;/t23?,24?,25?,27?,28?,29?,30?,32?,36-,37+,38?;/m1./s1. The molecular formula is C38H47AcNO11. The van der Waals surface area contributed by atoms with E-state index in [4.69, 9.17) is 18.9 Å². The van der Waals surface area contributed by atoms with Crippen molar-refractivity contribution in [2.75, 3.05) is 20.8 Å². The number of Topliss-reactive ketones (excluding diaryl/α,β-unsaturated/α-hetero) is 1. The van der Waals surface area contributed by atoms with E-state index < -0.39 is 88.3 Å². The molecule has 273 valence electrons. The summed E-state index contributed by atoms with van der Waals surface area (Å²) in [5.74, 6) is -3.78. The number of benzene rings is 2. The predicted octanol–water partition coefficient (Wildman–Crippen LogP) is 2.04. The molecule has 3 aliphatic carbocycles. The summed E-state index contributed by atoms with van der Waals surface area (Å²) in [5.41, 5.74) is -5.62. The number of hydrogen-bond acceptors (Lipinski definition) is 12. The zero-order valence-corrected chi connectivity index (χ0v) is 34.5. The first-order valence-electron chi connectivity index (χ1n) is 17.0.